The van der Waals surface area contributed by atoms with Gasteiger partial charge in [-0.1, -0.05) is 30.3 Å². The number of carbonyl (C=O) groups is 1. The third-order valence-corrected chi connectivity index (χ3v) is 4.69. The van der Waals surface area contributed by atoms with Gasteiger partial charge >= 0.3 is 0 Å². The average Bonchev–Trinajstić information content (AvgIpc) is 2.72. The second-order valence-corrected chi connectivity index (χ2v) is 6.73. The van der Waals surface area contributed by atoms with Crippen molar-refractivity contribution in [2.75, 3.05) is 5.73 Å². The largest absolute Gasteiger partial charge is 0.399 e. The van der Waals surface area contributed by atoms with Crippen molar-refractivity contribution in [3.8, 4) is 5.69 Å². The third-order valence-electron chi connectivity index (χ3n) is 4.69. The summed E-state index contributed by atoms with van der Waals surface area (Å²) in [5.74, 6) is 0.467. The van der Waals surface area contributed by atoms with Gasteiger partial charge < -0.3 is 5.73 Å². The van der Waals surface area contributed by atoms with Gasteiger partial charge in [0.2, 0.25) is 0 Å². The fraction of sp³-hybridized carbons (Fsp3) is 0.0417. The summed E-state index contributed by atoms with van der Waals surface area (Å²) in [5.41, 5.74) is 9.01. The summed E-state index contributed by atoms with van der Waals surface area (Å²) in [6.45, 7) is 1.79. The number of hydrogen-bond donors (Lipinski definition) is 1. The first-order chi connectivity index (χ1) is 14.0. The van der Waals surface area contributed by atoms with Crippen LogP contribution in [0.4, 0.5) is 5.69 Å². The number of allylic oxidation sites excluding steroid dienone is 1. The number of rotatable bonds is 4. The zero-order valence-electron chi connectivity index (χ0n) is 15.9. The lowest BCUT2D eigenvalue weighted by molar-refractivity contribution is 0.104. The lowest BCUT2D eigenvalue weighted by Crippen LogP contribution is -2.22. The molecule has 0 aliphatic heterocycles. The molecule has 4 aromatic rings. The van der Waals surface area contributed by atoms with Crippen LogP contribution in [0.25, 0.3) is 22.7 Å². The van der Waals surface area contributed by atoms with Gasteiger partial charge in [0.1, 0.15) is 5.82 Å². The number of carbonyl (C=O) groups excluding carboxylic acids is 1. The minimum absolute atomic E-state index is 0.125. The second kappa shape index (κ2) is 7.56. The van der Waals surface area contributed by atoms with E-state index in [-0.39, 0.29) is 11.3 Å². The molecule has 5 nitrogen and oxygen atoms in total. The monoisotopic (exact) mass is 381 g/mol. The highest BCUT2D eigenvalue weighted by molar-refractivity contribution is 6.06. The molecule has 0 amide bonds. The van der Waals surface area contributed by atoms with E-state index in [0.29, 0.717) is 33.7 Å². The van der Waals surface area contributed by atoms with Crippen molar-refractivity contribution in [1.82, 2.24) is 9.55 Å². The van der Waals surface area contributed by atoms with Crippen molar-refractivity contribution in [2.45, 2.75) is 6.92 Å². The Morgan fingerprint density at radius 3 is 2.52 bits per heavy atom. The van der Waals surface area contributed by atoms with Gasteiger partial charge in [0, 0.05) is 11.3 Å². The fourth-order valence-corrected chi connectivity index (χ4v) is 3.25. The quantitative estimate of drug-likeness (QED) is 0.327. The number of hydrogen-bond acceptors (Lipinski definition) is 4. The Hall–Kier alpha value is -3.99. The van der Waals surface area contributed by atoms with Crippen LogP contribution in [0, 0.1) is 6.92 Å². The lowest BCUT2D eigenvalue weighted by Gasteiger charge is -2.11. The smallest absolute Gasteiger partial charge is 0.265 e. The van der Waals surface area contributed by atoms with E-state index in [1.165, 1.54) is 6.08 Å². The Balaban J connectivity index is 1.64. The molecule has 0 saturated carbocycles. The molecule has 0 aliphatic carbocycles. The van der Waals surface area contributed by atoms with Crippen LogP contribution in [0.3, 0.4) is 0 Å². The Kier molecular flexibility index (Phi) is 4.79. The predicted molar refractivity (Wildman–Crippen MR) is 116 cm³/mol. The van der Waals surface area contributed by atoms with E-state index in [0.717, 1.165) is 5.56 Å². The Labute approximate surface area is 167 Å². The number of para-hydroxylation sites is 1. The van der Waals surface area contributed by atoms with Gasteiger partial charge in [-0.25, -0.2) is 4.98 Å². The molecule has 3 aromatic carbocycles. The summed E-state index contributed by atoms with van der Waals surface area (Å²) in [7, 11) is 0. The SMILES string of the molecule is Cc1nc2ccccc2c(=O)n1-c1ccc(C(=O)C=Cc2cccc(N)c2)cc1. The molecule has 1 heterocycles. The van der Waals surface area contributed by atoms with Gasteiger partial charge in [-0.05, 0) is 67.1 Å². The Bertz CT molecular complexity index is 1300. The molecule has 0 radical (unpaired) electrons. The average molecular weight is 381 g/mol. The molecule has 0 atom stereocenters. The van der Waals surface area contributed by atoms with E-state index in [1.807, 2.05) is 30.3 Å². The third kappa shape index (κ3) is 3.71. The minimum atomic E-state index is -0.131. The molecule has 5 heteroatoms. The molecule has 2 N–H and O–H groups in total. The van der Waals surface area contributed by atoms with Crippen LogP contribution in [0.15, 0.2) is 83.7 Å². The molecule has 0 unspecified atom stereocenters. The van der Waals surface area contributed by atoms with E-state index in [9.17, 15) is 9.59 Å². The highest BCUT2D eigenvalue weighted by Gasteiger charge is 2.10. The van der Waals surface area contributed by atoms with E-state index in [4.69, 9.17) is 5.73 Å². The van der Waals surface area contributed by atoms with Gasteiger partial charge in [0.05, 0.1) is 16.6 Å². The van der Waals surface area contributed by atoms with Crippen molar-refractivity contribution >= 4 is 28.4 Å². The summed E-state index contributed by atoms with van der Waals surface area (Å²) in [6.07, 6.45) is 3.24. The topological polar surface area (TPSA) is 78.0 Å². The van der Waals surface area contributed by atoms with Crippen molar-refractivity contribution in [3.05, 3.63) is 106 Å². The van der Waals surface area contributed by atoms with Crippen LogP contribution in [-0.2, 0) is 0 Å². The maximum Gasteiger partial charge on any atom is 0.265 e. The first-order valence-electron chi connectivity index (χ1n) is 9.20. The van der Waals surface area contributed by atoms with Gasteiger partial charge in [-0.2, -0.15) is 0 Å². The molecule has 0 saturated heterocycles. The highest BCUT2D eigenvalue weighted by atomic mass is 16.1. The summed E-state index contributed by atoms with van der Waals surface area (Å²) < 4.78 is 1.55. The van der Waals surface area contributed by atoms with E-state index in [1.54, 1.807) is 60.0 Å². The van der Waals surface area contributed by atoms with Crippen molar-refractivity contribution in [2.24, 2.45) is 0 Å². The van der Waals surface area contributed by atoms with Crippen LogP contribution in [-0.4, -0.2) is 15.3 Å². The summed E-state index contributed by atoms with van der Waals surface area (Å²) in [4.78, 5) is 29.9. The van der Waals surface area contributed by atoms with Crippen molar-refractivity contribution in [1.29, 1.82) is 0 Å². The summed E-state index contributed by atoms with van der Waals surface area (Å²) >= 11 is 0. The molecule has 4 rings (SSSR count). The first-order valence-corrected chi connectivity index (χ1v) is 9.20. The number of fused-ring (bicyclic) bond motifs is 1. The van der Waals surface area contributed by atoms with Gasteiger partial charge in [-0.3, -0.25) is 14.2 Å². The van der Waals surface area contributed by atoms with Crippen LogP contribution in [0.1, 0.15) is 21.7 Å². The van der Waals surface area contributed by atoms with Crippen LogP contribution in [0.2, 0.25) is 0 Å². The van der Waals surface area contributed by atoms with Crippen LogP contribution >= 0.6 is 0 Å². The van der Waals surface area contributed by atoms with Crippen LogP contribution in [0.5, 0.6) is 0 Å². The number of benzene rings is 3. The molecule has 0 spiro atoms. The Morgan fingerprint density at radius 2 is 1.76 bits per heavy atom. The standard InChI is InChI=1S/C24H19N3O2/c1-16-26-22-8-3-2-7-21(22)24(29)27(16)20-12-10-18(11-13-20)23(28)14-9-17-5-4-6-19(25)15-17/h2-15H,25H2,1H3. The molecular weight excluding hydrogens is 362 g/mol. The highest BCUT2D eigenvalue weighted by Crippen LogP contribution is 2.15. The zero-order valence-corrected chi connectivity index (χ0v) is 15.9. The first kappa shape index (κ1) is 18.4. The number of ketones is 1. The maximum atomic E-state index is 12.9. The van der Waals surface area contributed by atoms with Gasteiger partial charge in [0.25, 0.3) is 5.56 Å². The fourth-order valence-electron chi connectivity index (χ4n) is 3.25. The molecular formula is C24H19N3O2. The molecule has 29 heavy (non-hydrogen) atoms. The summed E-state index contributed by atoms with van der Waals surface area (Å²) in [5, 5.41) is 0.559. The predicted octanol–water partition coefficient (Wildman–Crippen LogP) is 4.17. The van der Waals surface area contributed by atoms with E-state index < -0.39 is 0 Å². The maximum absolute atomic E-state index is 12.9. The summed E-state index contributed by atoms with van der Waals surface area (Å²) in [6, 6.07) is 21.5. The van der Waals surface area contributed by atoms with Gasteiger partial charge in [0.15, 0.2) is 5.78 Å². The van der Waals surface area contributed by atoms with Gasteiger partial charge in [-0.15, -0.1) is 0 Å². The number of nitrogens with two attached hydrogens (primary N) is 1. The van der Waals surface area contributed by atoms with Crippen molar-refractivity contribution in [3.63, 3.8) is 0 Å². The minimum Gasteiger partial charge on any atom is -0.399 e. The molecule has 0 fully saturated rings. The lowest BCUT2D eigenvalue weighted by atomic mass is 10.1. The molecule has 142 valence electrons. The number of nitrogens with zero attached hydrogens (tertiary/aromatic N) is 2. The number of aryl methyl sites for hydroxylation is 1. The number of anilines is 1. The normalized spacial score (nSPS) is 11.2. The van der Waals surface area contributed by atoms with E-state index >= 15 is 0 Å². The molecule has 0 aliphatic rings. The van der Waals surface area contributed by atoms with Crippen LogP contribution < -0.4 is 11.3 Å². The number of nitrogen functional groups attached to an aromatic ring is 1. The van der Waals surface area contributed by atoms with E-state index in [2.05, 4.69) is 4.98 Å². The van der Waals surface area contributed by atoms with Crippen molar-refractivity contribution < 1.29 is 4.79 Å². The number of aromatic nitrogens is 2. The zero-order chi connectivity index (χ0) is 20.4. The molecule has 0 bridgehead atoms. The second-order valence-electron chi connectivity index (χ2n) is 6.73. The molecule has 1 aromatic heterocycles. The Morgan fingerprint density at radius 1 is 1.00 bits per heavy atom.